The molecule has 0 radical (unpaired) electrons. The molecule has 0 amide bonds. The van der Waals surface area contributed by atoms with Gasteiger partial charge in [-0.1, -0.05) is 24.3 Å². The summed E-state index contributed by atoms with van der Waals surface area (Å²) in [5, 5.41) is 0. The molecule has 0 saturated heterocycles. The fourth-order valence-electron chi connectivity index (χ4n) is 3.91. The Morgan fingerprint density at radius 2 is 2.00 bits per heavy atom. The normalized spacial score (nSPS) is 22.9. The van der Waals surface area contributed by atoms with Crippen molar-refractivity contribution in [1.29, 1.82) is 0 Å². The van der Waals surface area contributed by atoms with Crippen LogP contribution in [0.2, 0.25) is 0 Å². The lowest BCUT2D eigenvalue weighted by Gasteiger charge is -2.40. The van der Waals surface area contributed by atoms with Crippen molar-refractivity contribution in [3.63, 3.8) is 0 Å². The van der Waals surface area contributed by atoms with Crippen molar-refractivity contribution < 1.29 is 9.47 Å². The monoisotopic (exact) mass is 310 g/mol. The molecule has 0 saturated carbocycles. The van der Waals surface area contributed by atoms with E-state index in [1.165, 1.54) is 22.3 Å². The van der Waals surface area contributed by atoms with E-state index in [-0.39, 0.29) is 6.04 Å². The van der Waals surface area contributed by atoms with Crippen molar-refractivity contribution in [2.45, 2.75) is 18.9 Å². The Balaban J connectivity index is 1.82. The number of benzene rings is 2. The molecule has 0 aromatic heterocycles. The summed E-state index contributed by atoms with van der Waals surface area (Å²) in [6, 6.07) is 13.1. The van der Waals surface area contributed by atoms with Crippen molar-refractivity contribution >= 4 is 0 Å². The fourth-order valence-corrected chi connectivity index (χ4v) is 3.91. The first kappa shape index (κ1) is 14.5. The molecule has 23 heavy (non-hydrogen) atoms. The molecular weight excluding hydrogens is 288 g/mol. The Hall–Kier alpha value is -2.04. The van der Waals surface area contributed by atoms with Gasteiger partial charge in [-0.15, -0.1) is 0 Å². The van der Waals surface area contributed by atoms with Gasteiger partial charge in [-0.2, -0.15) is 0 Å². The Kier molecular flexibility index (Phi) is 3.51. The lowest BCUT2D eigenvalue weighted by molar-refractivity contribution is 0.174. The predicted molar refractivity (Wildman–Crippen MR) is 90.0 cm³/mol. The van der Waals surface area contributed by atoms with Crippen LogP contribution in [0.5, 0.6) is 11.5 Å². The average Bonchev–Trinajstić information content (AvgIpc) is 3.02. The first-order chi connectivity index (χ1) is 11.2. The second kappa shape index (κ2) is 5.55. The van der Waals surface area contributed by atoms with E-state index in [0.29, 0.717) is 19.3 Å². The number of rotatable bonds is 2. The lowest BCUT2D eigenvalue weighted by atomic mass is 9.79. The van der Waals surface area contributed by atoms with Crippen LogP contribution >= 0.6 is 0 Å². The number of ether oxygens (including phenoxy) is 2. The van der Waals surface area contributed by atoms with Crippen LogP contribution in [0.3, 0.4) is 0 Å². The van der Waals surface area contributed by atoms with Gasteiger partial charge in [0.15, 0.2) is 11.5 Å². The topological polar surface area (TPSA) is 47.7 Å². The third-order valence-corrected chi connectivity index (χ3v) is 5.09. The van der Waals surface area contributed by atoms with E-state index in [1.54, 1.807) is 0 Å². The third kappa shape index (κ3) is 2.30. The van der Waals surface area contributed by atoms with Gasteiger partial charge in [0.25, 0.3) is 0 Å². The molecule has 0 bridgehead atoms. The van der Waals surface area contributed by atoms with Crippen molar-refractivity contribution in [3.8, 4) is 11.5 Å². The van der Waals surface area contributed by atoms with E-state index in [0.717, 1.165) is 18.0 Å². The number of nitrogens with two attached hydrogens (primary N) is 1. The highest BCUT2D eigenvalue weighted by Crippen LogP contribution is 2.42. The Morgan fingerprint density at radius 3 is 2.83 bits per heavy atom. The van der Waals surface area contributed by atoms with Gasteiger partial charge in [-0.25, -0.2) is 0 Å². The minimum atomic E-state index is 0.288. The van der Waals surface area contributed by atoms with E-state index in [9.17, 15) is 0 Å². The first-order valence-corrected chi connectivity index (χ1v) is 8.08. The summed E-state index contributed by atoms with van der Waals surface area (Å²) in [5.74, 6) is 2.01. The van der Waals surface area contributed by atoms with Gasteiger partial charge in [-0.3, -0.25) is 4.90 Å². The molecule has 4 nitrogen and oxygen atoms in total. The number of hydrogen-bond donors (Lipinski definition) is 1. The summed E-state index contributed by atoms with van der Waals surface area (Å²) >= 11 is 0. The molecule has 4 heteroatoms. The van der Waals surface area contributed by atoms with Gasteiger partial charge in [0, 0.05) is 25.0 Å². The molecule has 2 aromatic rings. The molecule has 2 aliphatic heterocycles. The zero-order chi connectivity index (χ0) is 16.0. The van der Waals surface area contributed by atoms with Gasteiger partial charge in [0.1, 0.15) is 0 Å². The smallest absolute Gasteiger partial charge is 0.231 e. The number of aryl methyl sites for hydroxylation is 1. The second-order valence-corrected chi connectivity index (χ2v) is 6.43. The highest BCUT2D eigenvalue weighted by Gasteiger charge is 2.32. The molecular formula is C19H22N2O2. The summed E-state index contributed by atoms with van der Waals surface area (Å²) in [4.78, 5) is 2.37. The van der Waals surface area contributed by atoms with Crippen LogP contribution in [-0.4, -0.2) is 31.8 Å². The molecule has 0 spiro atoms. The molecule has 2 heterocycles. The first-order valence-electron chi connectivity index (χ1n) is 8.08. The standard InChI is InChI=1S/C19H22N2O2/c1-12-4-3-5-14-15(10-21(2)16(9-20)19(12)14)13-6-7-17-18(8-13)23-11-22-17/h3-8,15-16H,9-11,20H2,1-2H3. The zero-order valence-electron chi connectivity index (χ0n) is 13.6. The molecule has 2 unspecified atom stereocenters. The summed E-state index contributed by atoms with van der Waals surface area (Å²) < 4.78 is 11.0. The lowest BCUT2D eigenvalue weighted by Crippen LogP contribution is -2.39. The van der Waals surface area contributed by atoms with E-state index >= 15 is 0 Å². The molecule has 120 valence electrons. The largest absolute Gasteiger partial charge is 0.454 e. The Bertz CT molecular complexity index is 744. The van der Waals surface area contributed by atoms with E-state index < -0.39 is 0 Å². The maximum Gasteiger partial charge on any atom is 0.231 e. The summed E-state index contributed by atoms with van der Waals surface area (Å²) in [7, 11) is 2.16. The summed E-state index contributed by atoms with van der Waals surface area (Å²) in [6.45, 7) is 4.09. The minimum Gasteiger partial charge on any atom is -0.454 e. The average molecular weight is 310 g/mol. The van der Waals surface area contributed by atoms with Gasteiger partial charge < -0.3 is 15.2 Å². The van der Waals surface area contributed by atoms with Crippen LogP contribution < -0.4 is 15.2 Å². The van der Waals surface area contributed by atoms with Crippen molar-refractivity contribution in [2.24, 2.45) is 5.73 Å². The number of nitrogens with zero attached hydrogens (tertiary/aromatic N) is 1. The maximum atomic E-state index is 6.06. The van der Waals surface area contributed by atoms with Gasteiger partial charge in [0.05, 0.1) is 0 Å². The molecule has 2 aliphatic rings. The maximum absolute atomic E-state index is 6.06. The summed E-state index contributed by atoms with van der Waals surface area (Å²) in [6.07, 6.45) is 0. The van der Waals surface area contributed by atoms with Crippen molar-refractivity contribution in [2.75, 3.05) is 26.9 Å². The van der Waals surface area contributed by atoms with E-state index in [2.05, 4.69) is 49.2 Å². The van der Waals surface area contributed by atoms with Gasteiger partial charge in [0.2, 0.25) is 6.79 Å². The molecule has 2 aromatic carbocycles. The van der Waals surface area contributed by atoms with E-state index in [4.69, 9.17) is 15.2 Å². The number of hydrogen-bond acceptors (Lipinski definition) is 4. The second-order valence-electron chi connectivity index (χ2n) is 6.43. The molecule has 0 aliphatic carbocycles. The van der Waals surface area contributed by atoms with Crippen LogP contribution in [0.1, 0.15) is 34.2 Å². The Morgan fingerprint density at radius 1 is 1.17 bits per heavy atom. The van der Waals surface area contributed by atoms with Crippen LogP contribution in [0.25, 0.3) is 0 Å². The molecule has 2 N–H and O–H groups in total. The highest BCUT2D eigenvalue weighted by atomic mass is 16.7. The van der Waals surface area contributed by atoms with Crippen LogP contribution in [0.15, 0.2) is 36.4 Å². The predicted octanol–water partition coefficient (Wildman–Crippen LogP) is 2.80. The number of fused-ring (bicyclic) bond motifs is 2. The molecule has 0 fully saturated rings. The van der Waals surface area contributed by atoms with Gasteiger partial charge in [-0.05, 0) is 48.4 Å². The van der Waals surface area contributed by atoms with Crippen LogP contribution in [-0.2, 0) is 0 Å². The van der Waals surface area contributed by atoms with E-state index in [1.807, 2.05) is 6.07 Å². The van der Waals surface area contributed by atoms with Gasteiger partial charge >= 0.3 is 0 Å². The van der Waals surface area contributed by atoms with Crippen LogP contribution in [0, 0.1) is 6.92 Å². The Labute approximate surface area is 136 Å². The number of likely N-dealkylation sites (N-methyl/N-ethyl adjacent to an activating group) is 1. The third-order valence-electron chi connectivity index (χ3n) is 5.09. The van der Waals surface area contributed by atoms with Crippen molar-refractivity contribution in [3.05, 3.63) is 58.7 Å². The van der Waals surface area contributed by atoms with Crippen LogP contribution in [0.4, 0.5) is 0 Å². The SMILES string of the molecule is Cc1cccc2c1C(CN)N(C)CC2c1ccc2c(c1)OCO2. The fraction of sp³-hybridized carbons (Fsp3) is 0.368. The zero-order valence-corrected chi connectivity index (χ0v) is 13.6. The molecule has 4 rings (SSSR count). The molecule has 2 atom stereocenters. The van der Waals surface area contributed by atoms with Crippen molar-refractivity contribution in [1.82, 2.24) is 4.90 Å². The summed E-state index contributed by atoms with van der Waals surface area (Å²) in [5.41, 5.74) is 11.4. The highest BCUT2D eigenvalue weighted by molar-refractivity contribution is 5.51. The minimum absolute atomic E-state index is 0.288. The quantitative estimate of drug-likeness (QED) is 0.926.